The number of nitrogens with two attached hydrogens (primary N) is 1. The first-order valence-electron chi connectivity index (χ1n) is 4.81. The number of pyridine rings is 1. The van der Waals surface area contributed by atoms with E-state index in [4.69, 9.17) is 15.9 Å². The molecule has 0 radical (unpaired) electrons. The van der Waals surface area contributed by atoms with Crippen LogP contribution in [-0.4, -0.2) is 42.4 Å². The van der Waals surface area contributed by atoms with Crippen LogP contribution in [-0.2, 0) is 10.0 Å². The Labute approximate surface area is 99.3 Å². The van der Waals surface area contributed by atoms with Gasteiger partial charge >= 0.3 is 0 Å². The summed E-state index contributed by atoms with van der Waals surface area (Å²) in [4.78, 5) is 3.47. The molecule has 8 heteroatoms. The Hall–Kier alpha value is -1.22. The highest BCUT2D eigenvalue weighted by atomic mass is 32.2. The molecule has 0 spiro atoms. The summed E-state index contributed by atoms with van der Waals surface area (Å²) < 4.78 is 26.0. The van der Waals surface area contributed by atoms with Crippen molar-refractivity contribution in [3.63, 3.8) is 0 Å². The average molecular weight is 261 g/mol. The molecular formula is C9H15N3O4S. The van der Waals surface area contributed by atoms with Crippen molar-refractivity contribution in [1.29, 1.82) is 0 Å². The molecule has 1 aromatic rings. The van der Waals surface area contributed by atoms with Crippen LogP contribution in [0.15, 0.2) is 23.2 Å². The number of aliphatic hydroxyl groups is 2. The minimum atomic E-state index is -3.93. The van der Waals surface area contributed by atoms with Gasteiger partial charge in [0, 0.05) is 6.20 Å². The van der Waals surface area contributed by atoms with Crippen molar-refractivity contribution in [3.05, 3.63) is 18.3 Å². The molecule has 0 aliphatic rings. The first-order chi connectivity index (χ1) is 7.84. The monoisotopic (exact) mass is 261 g/mol. The van der Waals surface area contributed by atoms with E-state index in [2.05, 4.69) is 9.71 Å². The third-order valence-electron chi connectivity index (χ3n) is 2.17. The summed E-state index contributed by atoms with van der Waals surface area (Å²) in [5.41, 5.74) is 4.11. The lowest BCUT2D eigenvalue weighted by molar-refractivity contribution is 0.122. The summed E-state index contributed by atoms with van der Waals surface area (Å²) in [7, 11) is -3.93. The van der Waals surface area contributed by atoms with E-state index in [9.17, 15) is 8.42 Å². The molecule has 7 nitrogen and oxygen atoms in total. The molecule has 5 N–H and O–H groups in total. The van der Waals surface area contributed by atoms with Crippen LogP contribution in [0.5, 0.6) is 0 Å². The number of aromatic nitrogens is 1. The average Bonchev–Trinajstić information content (AvgIpc) is 2.28. The third-order valence-corrected chi connectivity index (χ3v) is 3.85. The minimum Gasteiger partial charge on any atom is -0.394 e. The normalized spacial score (nSPS) is 12.6. The lowest BCUT2D eigenvalue weighted by Gasteiger charge is -2.25. The largest absolute Gasteiger partial charge is 0.394 e. The molecule has 0 aliphatic carbocycles. The van der Waals surface area contributed by atoms with Crippen LogP contribution in [0.4, 0.5) is 5.82 Å². The fourth-order valence-electron chi connectivity index (χ4n) is 1.12. The molecule has 0 bridgehead atoms. The molecule has 17 heavy (non-hydrogen) atoms. The van der Waals surface area contributed by atoms with Gasteiger partial charge in [0.1, 0.15) is 10.7 Å². The Morgan fingerprint density at radius 2 is 2.06 bits per heavy atom. The van der Waals surface area contributed by atoms with Gasteiger partial charge in [-0.2, -0.15) is 0 Å². The molecule has 0 aliphatic heterocycles. The summed E-state index contributed by atoms with van der Waals surface area (Å²) in [5.74, 6) is -0.141. The van der Waals surface area contributed by atoms with Gasteiger partial charge in [0.05, 0.1) is 18.8 Å². The molecule has 1 heterocycles. The zero-order valence-corrected chi connectivity index (χ0v) is 10.1. The first kappa shape index (κ1) is 13.8. The lowest BCUT2D eigenvalue weighted by atomic mass is 10.1. The van der Waals surface area contributed by atoms with Gasteiger partial charge in [-0.05, 0) is 19.1 Å². The van der Waals surface area contributed by atoms with Crippen molar-refractivity contribution in [1.82, 2.24) is 9.71 Å². The van der Waals surface area contributed by atoms with Gasteiger partial charge in [-0.1, -0.05) is 0 Å². The van der Waals surface area contributed by atoms with Gasteiger partial charge in [0.15, 0.2) is 0 Å². The van der Waals surface area contributed by atoms with Crippen molar-refractivity contribution in [3.8, 4) is 0 Å². The summed E-state index contributed by atoms with van der Waals surface area (Å²) in [6.45, 7) is 0.295. The third kappa shape index (κ3) is 3.13. The standard InChI is InChI=1S/C9H15N3O4S/c1-9(5-13,6-14)12-17(15,16)7-3-2-4-11-8(7)10/h2-4,12-14H,5-6H2,1H3,(H2,10,11). The van der Waals surface area contributed by atoms with E-state index < -0.39 is 28.8 Å². The van der Waals surface area contributed by atoms with Crippen LogP contribution in [0.2, 0.25) is 0 Å². The number of aliphatic hydroxyl groups excluding tert-OH is 2. The molecule has 0 fully saturated rings. The Morgan fingerprint density at radius 1 is 1.47 bits per heavy atom. The maximum absolute atomic E-state index is 11.9. The van der Waals surface area contributed by atoms with Gasteiger partial charge in [-0.3, -0.25) is 0 Å². The topological polar surface area (TPSA) is 126 Å². The van der Waals surface area contributed by atoms with Crippen molar-refractivity contribution in [2.45, 2.75) is 17.4 Å². The predicted molar refractivity (Wildman–Crippen MR) is 61.5 cm³/mol. The molecule has 1 rings (SSSR count). The zero-order chi connectivity index (χ0) is 13.1. The molecule has 0 saturated heterocycles. The van der Waals surface area contributed by atoms with Gasteiger partial charge < -0.3 is 15.9 Å². The fraction of sp³-hybridized carbons (Fsp3) is 0.444. The van der Waals surface area contributed by atoms with Crippen LogP contribution >= 0.6 is 0 Å². The highest BCUT2D eigenvalue weighted by Gasteiger charge is 2.30. The smallest absolute Gasteiger partial charge is 0.244 e. The summed E-state index contributed by atoms with van der Waals surface area (Å²) in [6.07, 6.45) is 1.37. The van der Waals surface area contributed by atoms with E-state index in [0.717, 1.165) is 0 Å². The quantitative estimate of drug-likeness (QED) is 0.521. The molecule has 1 aromatic heterocycles. The molecule has 0 unspecified atom stereocenters. The first-order valence-corrected chi connectivity index (χ1v) is 6.29. The van der Waals surface area contributed by atoms with Gasteiger partial charge in [0.25, 0.3) is 0 Å². The second-order valence-electron chi connectivity index (χ2n) is 3.87. The van der Waals surface area contributed by atoms with Gasteiger partial charge in [-0.15, -0.1) is 0 Å². The van der Waals surface area contributed by atoms with E-state index in [-0.39, 0.29) is 10.7 Å². The van der Waals surface area contributed by atoms with E-state index in [1.807, 2.05) is 0 Å². The maximum atomic E-state index is 11.9. The van der Waals surface area contributed by atoms with E-state index in [1.165, 1.54) is 25.3 Å². The molecule has 0 aromatic carbocycles. The number of nitrogens with zero attached hydrogens (tertiary/aromatic N) is 1. The number of nitrogens with one attached hydrogen (secondary N) is 1. The second kappa shape index (κ2) is 4.96. The van der Waals surface area contributed by atoms with Crippen LogP contribution in [0.25, 0.3) is 0 Å². The lowest BCUT2D eigenvalue weighted by Crippen LogP contribution is -2.51. The number of hydrogen-bond donors (Lipinski definition) is 4. The van der Waals surface area contributed by atoms with Crippen LogP contribution < -0.4 is 10.5 Å². The van der Waals surface area contributed by atoms with Crippen LogP contribution in [0.3, 0.4) is 0 Å². The summed E-state index contributed by atoms with van der Waals surface area (Å²) in [5, 5.41) is 18.1. The Bertz CT molecular complexity index is 485. The number of hydrogen-bond acceptors (Lipinski definition) is 6. The molecule has 96 valence electrons. The molecule has 0 saturated carbocycles. The second-order valence-corrected chi connectivity index (χ2v) is 5.52. The minimum absolute atomic E-state index is 0.141. The fourth-order valence-corrected chi connectivity index (χ4v) is 2.60. The Kier molecular flexibility index (Phi) is 4.04. The molecule has 0 amide bonds. The number of sulfonamides is 1. The van der Waals surface area contributed by atoms with Gasteiger partial charge in [0.2, 0.25) is 10.0 Å². The van der Waals surface area contributed by atoms with E-state index >= 15 is 0 Å². The molecular weight excluding hydrogens is 246 g/mol. The van der Waals surface area contributed by atoms with E-state index in [0.29, 0.717) is 0 Å². The SMILES string of the molecule is CC(CO)(CO)NS(=O)(=O)c1cccnc1N. The number of nitrogen functional groups attached to an aromatic ring is 1. The Balaban J connectivity index is 3.10. The number of rotatable bonds is 5. The van der Waals surface area contributed by atoms with Crippen molar-refractivity contribution >= 4 is 15.8 Å². The highest BCUT2D eigenvalue weighted by molar-refractivity contribution is 7.89. The van der Waals surface area contributed by atoms with Crippen LogP contribution in [0.1, 0.15) is 6.92 Å². The Morgan fingerprint density at radius 3 is 2.53 bits per heavy atom. The van der Waals surface area contributed by atoms with Crippen molar-refractivity contribution in [2.75, 3.05) is 18.9 Å². The van der Waals surface area contributed by atoms with E-state index in [1.54, 1.807) is 0 Å². The van der Waals surface area contributed by atoms with Crippen LogP contribution in [0, 0.1) is 0 Å². The maximum Gasteiger partial charge on any atom is 0.244 e. The van der Waals surface area contributed by atoms with Crippen molar-refractivity contribution in [2.24, 2.45) is 0 Å². The highest BCUT2D eigenvalue weighted by Crippen LogP contribution is 2.17. The number of anilines is 1. The van der Waals surface area contributed by atoms with Crippen molar-refractivity contribution < 1.29 is 18.6 Å². The van der Waals surface area contributed by atoms with Gasteiger partial charge in [-0.25, -0.2) is 18.1 Å². The predicted octanol–water partition coefficient (Wildman–Crippen LogP) is -1.31. The molecule has 0 atom stereocenters. The zero-order valence-electron chi connectivity index (χ0n) is 9.29. The summed E-state index contributed by atoms with van der Waals surface area (Å²) >= 11 is 0. The summed E-state index contributed by atoms with van der Waals surface area (Å²) in [6, 6.07) is 2.72.